The second-order valence-electron chi connectivity index (χ2n) is 3.56. The first-order valence-corrected chi connectivity index (χ1v) is 4.92. The Balaban J connectivity index is 2.56. The van der Waals surface area contributed by atoms with Crippen LogP contribution in [0.15, 0.2) is 18.2 Å². The van der Waals surface area contributed by atoms with Gasteiger partial charge in [0.05, 0.1) is 11.8 Å². The molecule has 0 aliphatic carbocycles. The number of benzene rings is 1. The van der Waals surface area contributed by atoms with Crippen molar-refractivity contribution in [3.63, 3.8) is 0 Å². The summed E-state index contributed by atoms with van der Waals surface area (Å²) in [5.41, 5.74) is -0.0583. The Hall–Kier alpha value is -1.49. The Morgan fingerprint density at radius 2 is 2.19 bits per heavy atom. The summed E-state index contributed by atoms with van der Waals surface area (Å²) in [7, 11) is 0. The fourth-order valence-corrected chi connectivity index (χ4v) is 1.14. The minimum absolute atomic E-state index is 0.0583. The monoisotopic (exact) mass is 229 g/mol. The average Bonchev–Trinajstić information content (AvgIpc) is 2.19. The molecule has 16 heavy (non-hydrogen) atoms. The van der Waals surface area contributed by atoms with Crippen LogP contribution in [0.5, 0.6) is 0 Å². The number of aliphatic hydroxyl groups excluding tert-OH is 1. The van der Waals surface area contributed by atoms with Crippen molar-refractivity contribution in [3.8, 4) is 0 Å². The molecule has 0 fully saturated rings. The first-order valence-electron chi connectivity index (χ1n) is 4.92. The van der Waals surface area contributed by atoms with Gasteiger partial charge in [0.1, 0.15) is 11.6 Å². The van der Waals surface area contributed by atoms with Crippen molar-refractivity contribution in [1.29, 1.82) is 0 Å². The Labute approximate surface area is 92.1 Å². The van der Waals surface area contributed by atoms with E-state index in [0.717, 1.165) is 12.1 Å². The zero-order chi connectivity index (χ0) is 12.1. The highest BCUT2D eigenvalue weighted by Crippen LogP contribution is 2.15. The minimum atomic E-state index is -0.814. The van der Waals surface area contributed by atoms with Gasteiger partial charge < -0.3 is 10.4 Å². The molecule has 0 spiro atoms. The van der Waals surface area contributed by atoms with Gasteiger partial charge in [0.2, 0.25) is 5.91 Å². The molecule has 3 nitrogen and oxygen atoms in total. The zero-order valence-corrected chi connectivity index (χ0v) is 8.84. The van der Waals surface area contributed by atoms with E-state index in [-0.39, 0.29) is 12.1 Å². The predicted octanol–water partition coefficient (Wildman–Crippen LogP) is 2.06. The van der Waals surface area contributed by atoms with Gasteiger partial charge in [-0.2, -0.15) is 0 Å². The first-order chi connectivity index (χ1) is 7.49. The molecule has 0 bridgehead atoms. The van der Waals surface area contributed by atoms with Gasteiger partial charge in [-0.05, 0) is 25.5 Å². The van der Waals surface area contributed by atoms with E-state index < -0.39 is 23.6 Å². The van der Waals surface area contributed by atoms with E-state index in [1.165, 1.54) is 0 Å². The molecule has 0 aliphatic heterocycles. The molecule has 0 radical (unpaired) electrons. The summed E-state index contributed by atoms with van der Waals surface area (Å²) >= 11 is 0. The molecule has 1 aromatic rings. The number of halogens is 2. The van der Waals surface area contributed by atoms with Crippen LogP contribution in [-0.4, -0.2) is 17.1 Å². The third kappa shape index (κ3) is 3.94. The Bertz CT molecular complexity index is 380. The standard InChI is InChI=1S/C11H13F2NO2/c1-7(15)2-5-11(16)14-10-4-3-8(12)6-9(10)13/h3-4,6-7,15H,2,5H2,1H3,(H,14,16). The van der Waals surface area contributed by atoms with Crippen molar-refractivity contribution in [2.75, 3.05) is 5.32 Å². The van der Waals surface area contributed by atoms with Crippen LogP contribution in [0.3, 0.4) is 0 Å². The van der Waals surface area contributed by atoms with Gasteiger partial charge in [-0.25, -0.2) is 8.78 Å². The maximum Gasteiger partial charge on any atom is 0.224 e. The third-order valence-corrected chi connectivity index (χ3v) is 1.99. The molecule has 0 heterocycles. The summed E-state index contributed by atoms with van der Waals surface area (Å²) < 4.78 is 25.7. The van der Waals surface area contributed by atoms with Crippen LogP contribution < -0.4 is 5.32 Å². The minimum Gasteiger partial charge on any atom is -0.393 e. The molecule has 1 aromatic carbocycles. The second kappa shape index (κ2) is 5.55. The largest absolute Gasteiger partial charge is 0.393 e. The molecule has 5 heteroatoms. The lowest BCUT2D eigenvalue weighted by atomic mass is 10.2. The molecular weight excluding hydrogens is 216 g/mol. The highest BCUT2D eigenvalue weighted by Gasteiger charge is 2.08. The highest BCUT2D eigenvalue weighted by molar-refractivity contribution is 5.90. The lowest BCUT2D eigenvalue weighted by Gasteiger charge is -2.07. The fourth-order valence-electron chi connectivity index (χ4n) is 1.14. The molecule has 88 valence electrons. The van der Waals surface area contributed by atoms with Crippen LogP contribution in [0.25, 0.3) is 0 Å². The van der Waals surface area contributed by atoms with Crippen LogP contribution in [0, 0.1) is 11.6 Å². The Kier molecular flexibility index (Phi) is 4.37. The number of carbonyl (C=O) groups excluding carboxylic acids is 1. The van der Waals surface area contributed by atoms with Crippen LogP contribution >= 0.6 is 0 Å². The molecule has 2 N–H and O–H groups in total. The van der Waals surface area contributed by atoms with Crippen molar-refractivity contribution in [1.82, 2.24) is 0 Å². The summed E-state index contributed by atoms with van der Waals surface area (Å²) in [4.78, 5) is 11.3. The topological polar surface area (TPSA) is 49.3 Å². The van der Waals surface area contributed by atoms with E-state index in [2.05, 4.69) is 5.32 Å². The smallest absolute Gasteiger partial charge is 0.224 e. The molecule has 1 amide bonds. The normalized spacial score (nSPS) is 12.2. The second-order valence-corrected chi connectivity index (χ2v) is 3.56. The molecule has 0 aromatic heterocycles. The number of aliphatic hydroxyl groups is 1. The highest BCUT2D eigenvalue weighted by atomic mass is 19.1. The van der Waals surface area contributed by atoms with Crippen molar-refractivity contribution in [2.45, 2.75) is 25.9 Å². The zero-order valence-electron chi connectivity index (χ0n) is 8.84. The summed E-state index contributed by atoms with van der Waals surface area (Å²) in [6, 6.07) is 2.92. The van der Waals surface area contributed by atoms with Crippen molar-refractivity contribution < 1.29 is 18.7 Å². The van der Waals surface area contributed by atoms with Crippen LogP contribution in [0.1, 0.15) is 19.8 Å². The summed E-state index contributed by atoms with van der Waals surface area (Å²) in [6.45, 7) is 1.56. The third-order valence-electron chi connectivity index (χ3n) is 1.99. The molecule has 0 saturated carbocycles. The van der Waals surface area contributed by atoms with Crippen molar-refractivity contribution in [3.05, 3.63) is 29.8 Å². The lowest BCUT2D eigenvalue weighted by molar-refractivity contribution is -0.116. The molecule has 1 unspecified atom stereocenters. The van der Waals surface area contributed by atoms with Gasteiger partial charge in [-0.3, -0.25) is 4.79 Å². The van der Waals surface area contributed by atoms with E-state index in [1.807, 2.05) is 0 Å². The van der Waals surface area contributed by atoms with E-state index in [1.54, 1.807) is 6.92 Å². The Morgan fingerprint density at radius 3 is 2.75 bits per heavy atom. The van der Waals surface area contributed by atoms with Gasteiger partial charge in [0.25, 0.3) is 0 Å². The average molecular weight is 229 g/mol. The molecule has 1 atom stereocenters. The number of anilines is 1. The summed E-state index contributed by atoms with van der Waals surface area (Å²) in [6.07, 6.45) is -0.188. The number of hydrogen-bond donors (Lipinski definition) is 2. The number of carbonyl (C=O) groups is 1. The summed E-state index contributed by atoms with van der Waals surface area (Å²) in [5, 5.41) is 11.3. The molecule has 1 rings (SSSR count). The van der Waals surface area contributed by atoms with E-state index in [4.69, 9.17) is 5.11 Å². The number of amides is 1. The van der Waals surface area contributed by atoms with Crippen LogP contribution in [-0.2, 0) is 4.79 Å². The van der Waals surface area contributed by atoms with Crippen molar-refractivity contribution in [2.24, 2.45) is 0 Å². The molecular formula is C11H13F2NO2. The van der Waals surface area contributed by atoms with E-state index in [0.29, 0.717) is 12.5 Å². The van der Waals surface area contributed by atoms with Gasteiger partial charge in [0.15, 0.2) is 0 Å². The number of nitrogens with one attached hydrogen (secondary N) is 1. The van der Waals surface area contributed by atoms with Gasteiger partial charge in [0, 0.05) is 12.5 Å². The number of hydrogen-bond acceptors (Lipinski definition) is 2. The molecule has 0 saturated heterocycles. The lowest BCUT2D eigenvalue weighted by Crippen LogP contribution is -2.14. The van der Waals surface area contributed by atoms with E-state index >= 15 is 0 Å². The summed E-state index contributed by atoms with van der Waals surface area (Å²) in [5.74, 6) is -1.92. The van der Waals surface area contributed by atoms with E-state index in [9.17, 15) is 13.6 Å². The fraction of sp³-hybridized carbons (Fsp3) is 0.364. The van der Waals surface area contributed by atoms with Gasteiger partial charge >= 0.3 is 0 Å². The van der Waals surface area contributed by atoms with Crippen LogP contribution in [0.4, 0.5) is 14.5 Å². The van der Waals surface area contributed by atoms with Gasteiger partial charge in [-0.15, -0.1) is 0 Å². The first kappa shape index (κ1) is 12.6. The quantitative estimate of drug-likeness (QED) is 0.830. The SMILES string of the molecule is CC(O)CCC(=O)Nc1ccc(F)cc1F. The molecule has 0 aliphatic rings. The van der Waals surface area contributed by atoms with Gasteiger partial charge in [-0.1, -0.05) is 0 Å². The van der Waals surface area contributed by atoms with Crippen LogP contribution in [0.2, 0.25) is 0 Å². The number of rotatable bonds is 4. The van der Waals surface area contributed by atoms with Crippen molar-refractivity contribution >= 4 is 11.6 Å². The Morgan fingerprint density at radius 1 is 1.50 bits per heavy atom. The maximum atomic E-state index is 13.1. The maximum absolute atomic E-state index is 13.1. The predicted molar refractivity (Wildman–Crippen MR) is 55.9 cm³/mol.